The fourth-order valence-corrected chi connectivity index (χ4v) is 4.39. The molecule has 1 aliphatic rings. The van der Waals surface area contributed by atoms with E-state index in [-0.39, 0.29) is 5.82 Å². The standard InChI is InChI=1S/C28H35F/c1-3-5-6-8-24-14-20-27(28(29)21-24)19-13-23-11-17-26(18-12-23)25-15-9-22(7-4-2)10-16-25/h9-10,14-16,20-21,23,26H,3-8,11-12,17-18H2,1-2H3/t23-,26-. The minimum absolute atomic E-state index is 0.160. The lowest BCUT2D eigenvalue weighted by Crippen LogP contribution is -2.12. The summed E-state index contributed by atoms with van der Waals surface area (Å²) < 4.78 is 14.4. The molecule has 0 bridgehead atoms. The van der Waals surface area contributed by atoms with Gasteiger partial charge in [0.1, 0.15) is 5.82 Å². The lowest BCUT2D eigenvalue weighted by atomic mass is 9.78. The van der Waals surface area contributed by atoms with Crippen LogP contribution in [0.25, 0.3) is 0 Å². The number of hydrogen-bond donors (Lipinski definition) is 0. The molecule has 2 aromatic carbocycles. The molecule has 1 heteroatoms. The van der Waals surface area contributed by atoms with Gasteiger partial charge in [-0.3, -0.25) is 0 Å². The zero-order valence-corrected chi connectivity index (χ0v) is 18.1. The number of aryl methyl sites for hydroxylation is 2. The van der Waals surface area contributed by atoms with Crippen molar-refractivity contribution in [2.75, 3.05) is 0 Å². The Balaban J connectivity index is 1.52. The third kappa shape index (κ3) is 6.46. The van der Waals surface area contributed by atoms with Crippen molar-refractivity contribution in [3.8, 4) is 11.8 Å². The van der Waals surface area contributed by atoms with Gasteiger partial charge < -0.3 is 0 Å². The fourth-order valence-electron chi connectivity index (χ4n) is 4.39. The van der Waals surface area contributed by atoms with Crippen LogP contribution in [0.1, 0.15) is 93.4 Å². The second-order valence-corrected chi connectivity index (χ2v) is 8.58. The molecule has 0 atom stereocenters. The van der Waals surface area contributed by atoms with E-state index >= 15 is 0 Å². The highest BCUT2D eigenvalue weighted by Gasteiger charge is 2.21. The number of unbranched alkanes of at least 4 members (excludes halogenated alkanes) is 2. The average molecular weight is 391 g/mol. The van der Waals surface area contributed by atoms with Gasteiger partial charge in [-0.2, -0.15) is 0 Å². The second-order valence-electron chi connectivity index (χ2n) is 8.58. The van der Waals surface area contributed by atoms with Gasteiger partial charge in [0.2, 0.25) is 0 Å². The Hall–Kier alpha value is -2.07. The van der Waals surface area contributed by atoms with E-state index in [9.17, 15) is 4.39 Å². The topological polar surface area (TPSA) is 0 Å². The Morgan fingerprint density at radius 2 is 1.55 bits per heavy atom. The highest BCUT2D eigenvalue weighted by molar-refractivity contribution is 5.38. The highest BCUT2D eigenvalue weighted by atomic mass is 19.1. The molecule has 0 saturated heterocycles. The molecule has 1 aliphatic carbocycles. The van der Waals surface area contributed by atoms with Gasteiger partial charge in [-0.1, -0.05) is 75.3 Å². The Labute approximate surface area is 176 Å². The minimum Gasteiger partial charge on any atom is -0.206 e. The van der Waals surface area contributed by atoms with E-state index in [1.165, 1.54) is 49.7 Å². The molecular weight excluding hydrogens is 355 g/mol. The molecule has 0 nitrogen and oxygen atoms in total. The summed E-state index contributed by atoms with van der Waals surface area (Å²) in [5.41, 5.74) is 4.56. The molecule has 0 aliphatic heterocycles. The van der Waals surface area contributed by atoms with Gasteiger partial charge in [0.15, 0.2) is 0 Å². The second kappa shape index (κ2) is 11.2. The van der Waals surface area contributed by atoms with Crippen LogP contribution in [0.15, 0.2) is 42.5 Å². The monoisotopic (exact) mass is 390 g/mol. The van der Waals surface area contributed by atoms with Gasteiger partial charge in [-0.25, -0.2) is 4.39 Å². The smallest absolute Gasteiger partial charge is 0.139 e. The lowest BCUT2D eigenvalue weighted by Gasteiger charge is -2.26. The Kier molecular flexibility index (Phi) is 8.36. The molecule has 0 spiro atoms. The summed E-state index contributed by atoms with van der Waals surface area (Å²) in [6, 6.07) is 14.8. The summed E-state index contributed by atoms with van der Waals surface area (Å²) in [7, 11) is 0. The lowest BCUT2D eigenvalue weighted by molar-refractivity contribution is 0.384. The van der Waals surface area contributed by atoms with E-state index in [4.69, 9.17) is 0 Å². The number of benzene rings is 2. The maximum absolute atomic E-state index is 14.4. The average Bonchev–Trinajstić information content (AvgIpc) is 2.75. The molecular formula is C28H35F. The van der Waals surface area contributed by atoms with Gasteiger partial charge in [0.05, 0.1) is 5.56 Å². The molecule has 0 heterocycles. The molecule has 154 valence electrons. The Bertz CT molecular complexity index is 814. The molecule has 0 radical (unpaired) electrons. The van der Waals surface area contributed by atoms with Crippen LogP contribution in [-0.4, -0.2) is 0 Å². The Morgan fingerprint density at radius 3 is 2.21 bits per heavy atom. The number of halogens is 1. The molecule has 1 fully saturated rings. The summed E-state index contributed by atoms with van der Waals surface area (Å²) in [6.07, 6.45) is 11.5. The van der Waals surface area contributed by atoms with E-state index in [0.717, 1.165) is 31.2 Å². The van der Waals surface area contributed by atoms with Crippen LogP contribution in [0.3, 0.4) is 0 Å². The molecule has 29 heavy (non-hydrogen) atoms. The van der Waals surface area contributed by atoms with Crippen LogP contribution in [-0.2, 0) is 12.8 Å². The first-order valence-corrected chi connectivity index (χ1v) is 11.6. The van der Waals surface area contributed by atoms with E-state index in [0.29, 0.717) is 17.4 Å². The van der Waals surface area contributed by atoms with Crippen molar-refractivity contribution in [1.82, 2.24) is 0 Å². The SMILES string of the molecule is CCCCCc1ccc(C#C[C@H]2CC[C@H](c3ccc(CCC)cc3)CC2)c(F)c1. The first-order chi connectivity index (χ1) is 14.2. The fraction of sp³-hybridized carbons (Fsp3) is 0.500. The van der Waals surface area contributed by atoms with Crippen LogP contribution >= 0.6 is 0 Å². The predicted octanol–water partition coefficient (Wildman–Crippen LogP) is 7.84. The summed E-state index contributed by atoms with van der Waals surface area (Å²) in [6.45, 7) is 4.42. The molecule has 0 N–H and O–H groups in total. The number of rotatable bonds is 7. The maximum atomic E-state index is 14.4. The van der Waals surface area contributed by atoms with Gasteiger partial charge in [0.25, 0.3) is 0 Å². The third-order valence-corrected chi connectivity index (χ3v) is 6.23. The largest absolute Gasteiger partial charge is 0.206 e. The van der Waals surface area contributed by atoms with Crippen LogP contribution in [0.5, 0.6) is 0 Å². The van der Waals surface area contributed by atoms with E-state index in [2.05, 4.69) is 50.0 Å². The van der Waals surface area contributed by atoms with Gasteiger partial charge in [-0.05, 0) is 79.7 Å². The van der Waals surface area contributed by atoms with Crippen molar-refractivity contribution in [2.45, 2.75) is 84.0 Å². The van der Waals surface area contributed by atoms with Crippen molar-refractivity contribution in [2.24, 2.45) is 5.92 Å². The summed E-state index contributed by atoms with van der Waals surface area (Å²) in [4.78, 5) is 0. The molecule has 0 aromatic heterocycles. The van der Waals surface area contributed by atoms with E-state index < -0.39 is 0 Å². The van der Waals surface area contributed by atoms with Crippen molar-refractivity contribution in [3.05, 3.63) is 70.5 Å². The van der Waals surface area contributed by atoms with Crippen LogP contribution in [0.4, 0.5) is 4.39 Å². The van der Waals surface area contributed by atoms with Crippen LogP contribution in [0.2, 0.25) is 0 Å². The molecule has 3 rings (SSSR count). The molecule has 0 unspecified atom stereocenters. The zero-order valence-electron chi connectivity index (χ0n) is 18.1. The summed E-state index contributed by atoms with van der Waals surface area (Å²) in [5, 5.41) is 0. The normalized spacial score (nSPS) is 18.9. The van der Waals surface area contributed by atoms with Gasteiger partial charge in [-0.15, -0.1) is 0 Å². The van der Waals surface area contributed by atoms with Crippen molar-refractivity contribution in [1.29, 1.82) is 0 Å². The van der Waals surface area contributed by atoms with Crippen molar-refractivity contribution in [3.63, 3.8) is 0 Å². The summed E-state index contributed by atoms with van der Waals surface area (Å²) >= 11 is 0. The van der Waals surface area contributed by atoms with Crippen LogP contribution < -0.4 is 0 Å². The predicted molar refractivity (Wildman–Crippen MR) is 122 cm³/mol. The summed E-state index contributed by atoms with van der Waals surface area (Å²) in [5.74, 6) is 7.38. The Morgan fingerprint density at radius 1 is 0.828 bits per heavy atom. The van der Waals surface area contributed by atoms with E-state index in [1.807, 2.05) is 12.1 Å². The van der Waals surface area contributed by atoms with Gasteiger partial charge >= 0.3 is 0 Å². The quantitative estimate of drug-likeness (QED) is 0.334. The third-order valence-electron chi connectivity index (χ3n) is 6.23. The van der Waals surface area contributed by atoms with Crippen molar-refractivity contribution < 1.29 is 4.39 Å². The van der Waals surface area contributed by atoms with Crippen LogP contribution in [0, 0.1) is 23.6 Å². The zero-order chi connectivity index (χ0) is 20.5. The first kappa shape index (κ1) is 21.6. The number of hydrogen-bond acceptors (Lipinski definition) is 0. The molecule has 1 saturated carbocycles. The molecule has 2 aromatic rings. The first-order valence-electron chi connectivity index (χ1n) is 11.6. The maximum Gasteiger partial charge on any atom is 0.139 e. The van der Waals surface area contributed by atoms with Gasteiger partial charge in [0, 0.05) is 5.92 Å². The van der Waals surface area contributed by atoms with Crippen molar-refractivity contribution >= 4 is 0 Å². The molecule has 0 amide bonds. The minimum atomic E-state index is -0.160. The van der Waals surface area contributed by atoms with E-state index in [1.54, 1.807) is 6.07 Å². The highest BCUT2D eigenvalue weighted by Crippen LogP contribution is 2.35.